The molecule has 3 heterocycles. The van der Waals surface area contributed by atoms with Crippen LogP contribution in [0.4, 0.5) is 4.79 Å². The van der Waals surface area contributed by atoms with Crippen molar-refractivity contribution in [2.45, 2.75) is 51.6 Å². The standard InChI is InChI=1S/C22H30ClN3O3/c1-22(2,3)29-21(27)26-11-6-15(14-26)13-25-9-7-16(8-10-25)20-24-18-12-17(23)4-5-19(18)28-20/h4-5,12,15-16H,6-11,13-14H2,1-3H3/t15-/m0/s1. The van der Waals surface area contributed by atoms with E-state index in [1.807, 2.05) is 43.9 Å². The average molecular weight is 420 g/mol. The van der Waals surface area contributed by atoms with E-state index in [9.17, 15) is 4.79 Å². The van der Waals surface area contributed by atoms with E-state index in [0.29, 0.717) is 16.9 Å². The summed E-state index contributed by atoms with van der Waals surface area (Å²) in [5.41, 5.74) is 1.20. The van der Waals surface area contributed by atoms with Gasteiger partial charge < -0.3 is 19.0 Å². The monoisotopic (exact) mass is 419 g/mol. The maximum absolute atomic E-state index is 12.3. The molecule has 1 amide bonds. The Morgan fingerprint density at radius 2 is 2.00 bits per heavy atom. The Bertz CT molecular complexity index is 868. The molecule has 7 heteroatoms. The number of likely N-dealkylation sites (tertiary alicyclic amines) is 2. The molecule has 2 aliphatic rings. The molecule has 0 aliphatic carbocycles. The molecule has 29 heavy (non-hydrogen) atoms. The van der Waals surface area contributed by atoms with Crippen LogP contribution in [-0.4, -0.2) is 59.2 Å². The third-order valence-corrected chi connectivity index (χ3v) is 5.99. The fourth-order valence-corrected chi connectivity index (χ4v) is 4.46. The van der Waals surface area contributed by atoms with Crippen molar-refractivity contribution in [3.05, 3.63) is 29.1 Å². The van der Waals surface area contributed by atoms with Crippen LogP contribution in [0.1, 0.15) is 51.8 Å². The molecule has 0 unspecified atom stereocenters. The van der Waals surface area contributed by atoms with E-state index >= 15 is 0 Å². The lowest BCUT2D eigenvalue weighted by Gasteiger charge is -2.32. The Morgan fingerprint density at radius 1 is 1.24 bits per heavy atom. The molecule has 4 rings (SSSR count). The van der Waals surface area contributed by atoms with Crippen molar-refractivity contribution in [2.75, 3.05) is 32.7 Å². The fraction of sp³-hybridized carbons (Fsp3) is 0.636. The van der Waals surface area contributed by atoms with Gasteiger partial charge in [0.05, 0.1) is 0 Å². The molecular formula is C22H30ClN3O3. The zero-order valence-corrected chi connectivity index (χ0v) is 18.2. The molecule has 2 fully saturated rings. The number of piperidine rings is 1. The average Bonchev–Trinajstić information content (AvgIpc) is 3.27. The van der Waals surface area contributed by atoms with Crippen molar-refractivity contribution >= 4 is 28.8 Å². The van der Waals surface area contributed by atoms with Gasteiger partial charge in [0.1, 0.15) is 11.1 Å². The number of oxazole rings is 1. The van der Waals surface area contributed by atoms with Crippen LogP contribution < -0.4 is 0 Å². The van der Waals surface area contributed by atoms with Gasteiger partial charge in [-0.2, -0.15) is 0 Å². The second kappa shape index (κ2) is 8.15. The predicted octanol–water partition coefficient (Wildman–Crippen LogP) is 4.92. The third kappa shape index (κ3) is 5.04. The molecule has 0 radical (unpaired) electrons. The quantitative estimate of drug-likeness (QED) is 0.706. The first-order chi connectivity index (χ1) is 13.8. The largest absolute Gasteiger partial charge is 0.444 e. The summed E-state index contributed by atoms with van der Waals surface area (Å²) in [4.78, 5) is 21.3. The van der Waals surface area contributed by atoms with Crippen molar-refractivity contribution in [1.29, 1.82) is 0 Å². The van der Waals surface area contributed by atoms with Crippen molar-refractivity contribution in [3.63, 3.8) is 0 Å². The van der Waals surface area contributed by atoms with Crippen LogP contribution in [-0.2, 0) is 4.74 Å². The van der Waals surface area contributed by atoms with Gasteiger partial charge in [-0.1, -0.05) is 11.6 Å². The number of hydrogen-bond acceptors (Lipinski definition) is 5. The van der Waals surface area contributed by atoms with Gasteiger partial charge in [-0.05, 0) is 77.2 Å². The van der Waals surface area contributed by atoms with Gasteiger partial charge in [0, 0.05) is 30.6 Å². The van der Waals surface area contributed by atoms with Crippen LogP contribution in [0.15, 0.2) is 22.6 Å². The normalized spacial score (nSPS) is 21.8. The van der Waals surface area contributed by atoms with Gasteiger partial charge >= 0.3 is 6.09 Å². The Morgan fingerprint density at radius 3 is 2.72 bits per heavy atom. The number of halogens is 1. The Hall–Kier alpha value is -1.79. The van der Waals surface area contributed by atoms with Crippen LogP contribution >= 0.6 is 11.6 Å². The van der Waals surface area contributed by atoms with E-state index in [1.54, 1.807) is 0 Å². The van der Waals surface area contributed by atoms with Crippen molar-refractivity contribution in [2.24, 2.45) is 5.92 Å². The van der Waals surface area contributed by atoms with Crippen molar-refractivity contribution in [3.8, 4) is 0 Å². The number of hydrogen-bond donors (Lipinski definition) is 0. The van der Waals surface area contributed by atoms with Gasteiger partial charge in [-0.15, -0.1) is 0 Å². The molecular weight excluding hydrogens is 390 g/mol. The van der Waals surface area contributed by atoms with E-state index in [1.165, 1.54) is 0 Å². The summed E-state index contributed by atoms with van der Waals surface area (Å²) >= 11 is 6.05. The maximum Gasteiger partial charge on any atom is 0.410 e. The van der Waals surface area contributed by atoms with Crippen LogP contribution in [0.25, 0.3) is 11.1 Å². The summed E-state index contributed by atoms with van der Waals surface area (Å²) in [5.74, 6) is 1.71. The Balaban J connectivity index is 1.26. The lowest BCUT2D eigenvalue weighted by molar-refractivity contribution is 0.0284. The summed E-state index contributed by atoms with van der Waals surface area (Å²) in [5, 5.41) is 0.684. The number of aromatic nitrogens is 1. The van der Waals surface area contributed by atoms with E-state index in [-0.39, 0.29) is 6.09 Å². The highest BCUT2D eigenvalue weighted by atomic mass is 35.5. The Labute approximate surface area is 177 Å². The summed E-state index contributed by atoms with van der Waals surface area (Å²) in [6, 6.07) is 5.58. The second-order valence-corrected chi connectivity index (χ2v) is 9.76. The molecule has 2 aliphatic heterocycles. The highest BCUT2D eigenvalue weighted by Crippen LogP contribution is 2.31. The number of fused-ring (bicyclic) bond motifs is 1. The molecule has 158 valence electrons. The third-order valence-electron chi connectivity index (χ3n) is 5.76. The van der Waals surface area contributed by atoms with E-state index in [4.69, 9.17) is 20.8 Å². The predicted molar refractivity (Wildman–Crippen MR) is 113 cm³/mol. The van der Waals surface area contributed by atoms with Gasteiger partial charge in [-0.25, -0.2) is 9.78 Å². The zero-order chi connectivity index (χ0) is 20.6. The number of amides is 1. The first kappa shape index (κ1) is 20.5. The van der Waals surface area contributed by atoms with E-state index in [2.05, 4.69) is 9.88 Å². The maximum atomic E-state index is 12.3. The lowest BCUT2D eigenvalue weighted by atomic mass is 9.95. The molecule has 2 saturated heterocycles. The number of carbonyl (C=O) groups is 1. The smallest absolute Gasteiger partial charge is 0.410 e. The van der Waals surface area contributed by atoms with Gasteiger partial charge in [0.25, 0.3) is 0 Å². The minimum absolute atomic E-state index is 0.185. The highest BCUT2D eigenvalue weighted by molar-refractivity contribution is 6.31. The number of ether oxygens (including phenoxy) is 1. The minimum atomic E-state index is -0.437. The molecule has 1 aromatic carbocycles. The molecule has 1 atom stereocenters. The number of rotatable bonds is 3. The van der Waals surface area contributed by atoms with Gasteiger partial charge in [0.15, 0.2) is 11.5 Å². The van der Waals surface area contributed by atoms with Crippen LogP contribution in [0.5, 0.6) is 0 Å². The number of carbonyl (C=O) groups excluding carboxylic acids is 1. The highest BCUT2D eigenvalue weighted by Gasteiger charge is 2.32. The van der Waals surface area contributed by atoms with Crippen LogP contribution in [0, 0.1) is 5.92 Å². The summed E-state index contributed by atoms with van der Waals surface area (Å²) in [7, 11) is 0. The van der Waals surface area contributed by atoms with E-state index in [0.717, 1.165) is 69.0 Å². The topological polar surface area (TPSA) is 58.8 Å². The molecule has 6 nitrogen and oxygen atoms in total. The number of benzene rings is 1. The van der Waals surface area contributed by atoms with Crippen LogP contribution in [0.3, 0.4) is 0 Å². The Kier molecular flexibility index (Phi) is 5.76. The summed E-state index contributed by atoms with van der Waals surface area (Å²) < 4.78 is 11.5. The summed E-state index contributed by atoms with van der Waals surface area (Å²) in [6.45, 7) is 10.4. The SMILES string of the molecule is CC(C)(C)OC(=O)N1CC[C@@H](CN2CCC(c3nc4cc(Cl)ccc4o3)CC2)C1. The molecule has 1 aromatic heterocycles. The van der Waals surface area contributed by atoms with Crippen molar-refractivity contribution < 1.29 is 13.9 Å². The molecule has 0 spiro atoms. The number of nitrogens with zero attached hydrogens (tertiary/aromatic N) is 3. The fourth-order valence-electron chi connectivity index (χ4n) is 4.29. The van der Waals surface area contributed by atoms with Crippen LogP contribution in [0.2, 0.25) is 5.02 Å². The molecule has 0 bridgehead atoms. The first-order valence-electron chi connectivity index (χ1n) is 10.5. The summed E-state index contributed by atoms with van der Waals surface area (Å²) in [6.07, 6.45) is 2.95. The first-order valence-corrected chi connectivity index (χ1v) is 10.9. The zero-order valence-electron chi connectivity index (χ0n) is 17.5. The van der Waals surface area contributed by atoms with Gasteiger partial charge in [0.2, 0.25) is 0 Å². The minimum Gasteiger partial charge on any atom is -0.444 e. The second-order valence-electron chi connectivity index (χ2n) is 9.32. The van der Waals surface area contributed by atoms with Crippen molar-refractivity contribution in [1.82, 2.24) is 14.8 Å². The molecule has 0 saturated carbocycles. The van der Waals surface area contributed by atoms with Gasteiger partial charge in [-0.3, -0.25) is 0 Å². The van der Waals surface area contributed by atoms with E-state index < -0.39 is 5.60 Å². The lowest BCUT2D eigenvalue weighted by Crippen LogP contribution is -2.39. The molecule has 2 aromatic rings. The molecule has 0 N–H and O–H groups in total.